The Kier molecular flexibility index (Phi) is 4.61. The predicted molar refractivity (Wildman–Crippen MR) is 78.9 cm³/mol. The van der Waals surface area contributed by atoms with Crippen LogP contribution in [0.3, 0.4) is 0 Å². The van der Waals surface area contributed by atoms with E-state index in [1.807, 2.05) is 18.2 Å². The van der Waals surface area contributed by atoms with Crippen LogP contribution in [0.1, 0.15) is 17.2 Å². The Morgan fingerprint density at radius 1 is 1.21 bits per heavy atom. The molecule has 2 rings (SSSR count). The predicted octanol–water partition coefficient (Wildman–Crippen LogP) is 2.72. The van der Waals surface area contributed by atoms with Gasteiger partial charge < -0.3 is 5.73 Å². The molecule has 0 amide bonds. The maximum absolute atomic E-state index is 6.01. The maximum Gasteiger partial charge on any atom is 0.126 e. The van der Waals surface area contributed by atoms with Gasteiger partial charge in [0.05, 0.1) is 16.1 Å². The van der Waals surface area contributed by atoms with E-state index in [0.717, 1.165) is 11.1 Å². The van der Waals surface area contributed by atoms with E-state index in [-0.39, 0.29) is 6.04 Å². The number of nitrogens with zero attached hydrogens (tertiary/aromatic N) is 1. The lowest BCUT2D eigenvalue weighted by atomic mass is 10.00. The van der Waals surface area contributed by atoms with Gasteiger partial charge in [-0.15, -0.1) is 0 Å². The Morgan fingerprint density at radius 3 is 2.63 bits per heavy atom. The largest absolute Gasteiger partial charge is 0.383 e. The minimum Gasteiger partial charge on any atom is -0.383 e. The van der Waals surface area contributed by atoms with Crippen molar-refractivity contribution in [2.75, 3.05) is 5.73 Å². The molecule has 6 heteroatoms. The number of benzene rings is 1. The van der Waals surface area contributed by atoms with E-state index in [1.54, 1.807) is 18.3 Å². The number of halogens is 2. The lowest BCUT2D eigenvalue weighted by Crippen LogP contribution is -2.29. The summed E-state index contributed by atoms with van der Waals surface area (Å²) in [7, 11) is 0. The third-order valence-electron chi connectivity index (χ3n) is 2.90. The summed E-state index contributed by atoms with van der Waals surface area (Å²) in [6.45, 7) is 0. The van der Waals surface area contributed by atoms with E-state index in [2.05, 4.69) is 10.4 Å². The average molecular weight is 297 g/mol. The Balaban J connectivity index is 2.25. The van der Waals surface area contributed by atoms with E-state index < -0.39 is 0 Å². The number of rotatable bonds is 4. The molecule has 0 fully saturated rings. The van der Waals surface area contributed by atoms with Crippen LogP contribution in [-0.2, 0) is 6.42 Å². The first-order chi connectivity index (χ1) is 9.11. The zero-order valence-corrected chi connectivity index (χ0v) is 11.6. The molecule has 0 saturated heterocycles. The van der Waals surface area contributed by atoms with Gasteiger partial charge >= 0.3 is 0 Å². The topological polar surface area (TPSA) is 77.0 Å². The molecule has 0 aliphatic carbocycles. The number of anilines is 1. The number of nitrogen functional groups attached to an aromatic ring is 1. The second-order valence-electron chi connectivity index (χ2n) is 4.14. The van der Waals surface area contributed by atoms with E-state index in [9.17, 15) is 0 Å². The summed E-state index contributed by atoms with van der Waals surface area (Å²) in [5.41, 5.74) is 10.5. The van der Waals surface area contributed by atoms with Crippen LogP contribution in [0.4, 0.5) is 5.82 Å². The fraction of sp³-hybridized carbons (Fsp3) is 0.154. The minimum absolute atomic E-state index is 0.110. The number of hydrogen-bond donors (Lipinski definition) is 3. The van der Waals surface area contributed by atoms with Crippen LogP contribution in [-0.4, -0.2) is 4.98 Å². The summed E-state index contributed by atoms with van der Waals surface area (Å²) in [5, 5.41) is 1.01. The monoisotopic (exact) mass is 296 g/mol. The Hall–Kier alpha value is -1.33. The quantitative estimate of drug-likeness (QED) is 0.599. The number of nitrogens with two attached hydrogens (primary N) is 2. The van der Waals surface area contributed by atoms with Crippen molar-refractivity contribution in [2.24, 2.45) is 5.84 Å². The zero-order valence-electron chi connectivity index (χ0n) is 10.1. The first-order valence-corrected chi connectivity index (χ1v) is 6.48. The molecular weight excluding hydrogens is 283 g/mol. The van der Waals surface area contributed by atoms with Crippen molar-refractivity contribution in [1.29, 1.82) is 0 Å². The summed E-state index contributed by atoms with van der Waals surface area (Å²) >= 11 is 11.9. The molecule has 19 heavy (non-hydrogen) atoms. The van der Waals surface area contributed by atoms with Crippen LogP contribution in [0.25, 0.3) is 0 Å². The van der Waals surface area contributed by atoms with Crippen molar-refractivity contribution in [3.8, 4) is 0 Å². The highest BCUT2D eigenvalue weighted by Crippen LogP contribution is 2.27. The third-order valence-corrected chi connectivity index (χ3v) is 3.64. The zero-order chi connectivity index (χ0) is 13.8. The van der Waals surface area contributed by atoms with Crippen LogP contribution in [0.5, 0.6) is 0 Å². The van der Waals surface area contributed by atoms with E-state index >= 15 is 0 Å². The lowest BCUT2D eigenvalue weighted by Gasteiger charge is -2.17. The van der Waals surface area contributed by atoms with Gasteiger partial charge in [0.15, 0.2) is 0 Å². The molecule has 0 spiro atoms. The Bertz CT molecular complexity index is 574. The molecule has 0 saturated carbocycles. The van der Waals surface area contributed by atoms with Gasteiger partial charge in [-0.25, -0.2) is 4.98 Å². The molecule has 100 valence electrons. The second kappa shape index (κ2) is 6.21. The summed E-state index contributed by atoms with van der Waals surface area (Å²) in [6.07, 6.45) is 2.27. The highest BCUT2D eigenvalue weighted by atomic mass is 35.5. The number of pyridine rings is 1. The smallest absolute Gasteiger partial charge is 0.126 e. The molecule has 1 aromatic carbocycles. The number of aromatic nitrogens is 1. The normalized spacial score (nSPS) is 12.4. The van der Waals surface area contributed by atoms with Crippen molar-refractivity contribution in [2.45, 2.75) is 12.5 Å². The van der Waals surface area contributed by atoms with Gasteiger partial charge in [0.25, 0.3) is 0 Å². The third kappa shape index (κ3) is 3.36. The second-order valence-corrected chi connectivity index (χ2v) is 4.96. The van der Waals surface area contributed by atoms with Crippen molar-refractivity contribution >= 4 is 29.0 Å². The van der Waals surface area contributed by atoms with Crippen LogP contribution in [0.2, 0.25) is 10.0 Å². The van der Waals surface area contributed by atoms with Crippen molar-refractivity contribution in [3.05, 3.63) is 57.7 Å². The average Bonchev–Trinajstić information content (AvgIpc) is 2.41. The molecule has 0 aliphatic rings. The molecule has 2 aromatic rings. The highest BCUT2D eigenvalue weighted by molar-refractivity contribution is 6.42. The van der Waals surface area contributed by atoms with Gasteiger partial charge in [-0.05, 0) is 35.7 Å². The van der Waals surface area contributed by atoms with Crippen LogP contribution in [0.15, 0.2) is 36.5 Å². The Labute approximate surface area is 121 Å². The lowest BCUT2D eigenvalue weighted by molar-refractivity contribution is 0.552. The Morgan fingerprint density at radius 2 is 2.00 bits per heavy atom. The molecule has 4 nitrogen and oxygen atoms in total. The van der Waals surface area contributed by atoms with E-state index in [1.165, 1.54) is 0 Å². The summed E-state index contributed by atoms with van der Waals surface area (Å²) < 4.78 is 0. The van der Waals surface area contributed by atoms with Crippen molar-refractivity contribution in [1.82, 2.24) is 10.4 Å². The molecule has 1 atom stereocenters. The van der Waals surface area contributed by atoms with Gasteiger partial charge in [0, 0.05) is 6.20 Å². The molecule has 1 heterocycles. The minimum atomic E-state index is -0.110. The van der Waals surface area contributed by atoms with Gasteiger partial charge in [-0.2, -0.15) is 0 Å². The molecule has 0 bridgehead atoms. The van der Waals surface area contributed by atoms with Crippen molar-refractivity contribution in [3.63, 3.8) is 0 Å². The summed E-state index contributed by atoms with van der Waals surface area (Å²) in [6, 6.07) is 9.07. The first kappa shape index (κ1) is 14.1. The highest BCUT2D eigenvalue weighted by Gasteiger charge is 2.13. The number of hydrogen-bond acceptors (Lipinski definition) is 4. The van der Waals surface area contributed by atoms with E-state index in [4.69, 9.17) is 34.8 Å². The molecule has 0 aliphatic heterocycles. The summed E-state index contributed by atoms with van der Waals surface area (Å²) in [5.74, 6) is 6.11. The first-order valence-electron chi connectivity index (χ1n) is 5.72. The number of hydrazine groups is 1. The molecule has 5 N–H and O–H groups in total. The van der Waals surface area contributed by atoms with Gasteiger partial charge in [0.1, 0.15) is 5.82 Å². The maximum atomic E-state index is 6.01. The summed E-state index contributed by atoms with van der Waals surface area (Å²) in [4.78, 5) is 4.05. The van der Waals surface area contributed by atoms with E-state index in [0.29, 0.717) is 22.3 Å². The van der Waals surface area contributed by atoms with Gasteiger partial charge in [-0.1, -0.05) is 35.3 Å². The fourth-order valence-electron chi connectivity index (χ4n) is 1.85. The fourth-order valence-corrected chi connectivity index (χ4v) is 2.15. The standard InChI is InChI=1S/C13H14Cl2N4/c14-10-4-3-8(6-11(10)15)12(19-17)7-9-2-1-5-18-13(9)16/h1-6,12,19H,7,17H2,(H2,16,18). The van der Waals surface area contributed by atoms with Gasteiger partial charge in [-0.3, -0.25) is 11.3 Å². The number of nitrogens with one attached hydrogen (secondary N) is 1. The van der Waals surface area contributed by atoms with Crippen molar-refractivity contribution < 1.29 is 0 Å². The van der Waals surface area contributed by atoms with Crippen LogP contribution in [0, 0.1) is 0 Å². The SMILES string of the molecule is NNC(Cc1cccnc1N)c1ccc(Cl)c(Cl)c1. The molecule has 1 unspecified atom stereocenters. The van der Waals surface area contributed by atoms with Crippen LogP contribution >= 0.6 is 23.2 Å². The molecule has 0 radical (unpaired) electrons. The van der Waals surface area contributed by atoms with Gasteiger partial charge in [0.2, 0.25) is 0 Å². The van der Waals surface area contributed by atoms with Crippen LogP contribution < -0.4 is 17.0 Å². The molecule has 1 aromatic heterocycles. The molecular formula is C13H14Cl2N4.